The average Bonchev–Trinajstić information content (AvgIpc) is 3.36. The van der Waals surface area contributed by atoms with Crippen molar-refractivity contribution in [2.45, 2.75) is 59.2 Å². The number of fused-ring (bicyclic) bond motifs is 1. The summed E-state index contributed by atoms with van der Waals surface area (Å²) < 4.78 is 12.8. The Balaban J connectivity index is 1.63. The van der Waals surface area contributed by atoms with Gasteiger partial charge in [-0.1, -0.05) is 25.1 Å². The van der Waals surface area contributed by atoms with Crippen molar-refractivity contribution >= 4 is 10.9 Å². The largest absolute Gasteiger partial charge is 0.493 e. The van der Waals surface area contributed by atoms with Crippen LogP contribution in [0, 0.1) is 6.92 Å². The predicted octanol–water partition coefficient (Wildman–Crippen LogP) is 4.23. The van der Waals surface area contributed by atoms with Gasteiger partial charge in [0.1, 0.15) is 0 Å². The molecule has 0 spiro atoms. The Bertz CT molecular complexity index is 1430. The molecule has 0 fully saturated rings. The molecular weight excluding hydrogens is 468 g/mol. The second kappa shape index (κ2) is 11.1. The van der Waals surface area contributed by atoms with Gasteiger partial charge in [-0.05, 0) is 84.8 Å². The lowest BCUT2D eigenvalue weighted by Crippen LogP contribution is -2.33. The van der Waals surface area contributed by atoms with Gasteiger partial charge in [0.05, 0.1) is 26.3 Å². The van der Waals surface area contributed by atoms with E-state index in [-0.39, 0.29) is 11.1 Å². The van der Waals surface area contributed by atoms with E-state index < -0.39 is 0 Å². The molecule has 0 unspecified atom stereocenters. The van der Waals surface area contributed by atoms with E-state index >= 15 is 0 Å². The fourth-order valence-corrected chi connectivity index (χ4v) is 4.38. The first-order valence-corrected chi connectivity index (χ1v) is 12.6. The highest BCUT2D eigenvalue weighted by Crippen LogP contribution is 2.28. The second-order valence-electron chi connectivity index (χ2n) is 10.0. The van der Waals surface area contributed by atoms with Gasteiger partial charge in [-0.15, -0.1) is 5.10 Å². The van der Waals surface area contributed by atoms with Crippen molar-refractivity contribution in [2.24, 2.45) is 0 Å². The number of H-pyrrole nitrogens is 1. The summed E-state index contributed by atoms with van der Waals surface area (Å²) in [4.78, 5) is 18.3. The molecule has 0 atom stereocenters. The highest BCUT2D eigenvalue weighted by atomic mass is 16.5. The number of methoxy groups -OCH3 is 2. The van der Waals surface area contributed by atoms with Crippen LogP contribution in [0.2, 0.25) is 0 Å². The number of benzene rings is 2. The highest BCUT2D eigenvalue weighted by molar-refractivity contribution is 5.79. The van der Waals surface area contributed by atoms with Crippen molar-refractivity contribution in [1.82, 2.24) is 30.1 Å². The monoisotopic (exact) mass is 504 g/mol. The van der Waals surface area contributed by atoms with Crippen LogP contribution in [0.3, 0.4) is 0 Å². The number of rotatable bonds is 11. The zero-order valence-corrected chi connectivity index (χ0v) is 22.5. The predicted molar refractivity (Wildman–Crippen MR) is 144 cm³/mol. The maximum Gasteiger partial charge on any atom is 0.252 e. The molecular formula is C28H36N6O3. The summed E-state index contributed by atoms with van der Waals surface area (Å²) in [6, 6.07) is 14.0. The minimum Gasteiger partial charge on any atom is -0.493 e. The topological polar surface area (TPSA) is 98.2 Å². The Morgan fingerprint density at radius 2 is 1.81 bits per heavy atom. The number of nitrogens with one attached hydrogen (secondary N) is 1. The fraction of sp³-hybridized carbons (Fsp3) is 0.429. The normalized spacial score (nSPS) is 11.9. The van der Waals surface area contributed by atoms with E-state index in [2.05, 4.69) is 52.2 Å². The molecule has 0 saturated carbocycles. The van der Waals surface area contributed by atoms with Crippen molar-refractivity contribution in [1.29, 1.82) is 0 Å². The average molecular weight is 505 g/mol. The summed E-state index contributed by atoms with van der Waals surface area (Å²) in [5.41, 5.74) is 3.47. The van der Waals surface area contributed by atoms with Crippen LogP contribution in [-0.4, -0.2) is 50.9 Å². The lowest BCUT2D eigenvalue weighted by Gasteiger charge is -2.27. The van der Waals surface area contributed by atoms with E-state index in [4.69, 9.17) is 9.47 Å². The molecule has 0 aliphatic carbocycles. The quantitative estimate of drug-likeness (QED) is 0.326. The summed E-state index contributed by atoms with van der Waals surface area (Å²) in [6.07, 6.45) is 1.64. The van der Waals surface area contributed by atoms with Gasteiger partial charge in [-0.25, -0.2) is 4.68 Å². The van der Waals surface area contributed by atoms with E-state index in [0.29, 0.717) is 36.7 Å². The smallest absolute Gasteiger partial charge is 0.252 e. The van der Waals surface area contributed by atoms with Crippen molar-refractivity contribution in [3.05, 3.63) is 75.3 Å². The first-order chi connectivity index (χ1) is 17.7. The summed E-state index contributed by atoms with van der Waals surface area (Å²) in [5, 5.41) is 13.6. The van der Waals surface area contributed by atoms with Crippen molar-refractivity contribution in [3.63, 3.8) is 0 Å². The second-order valence-corrected chi connectivity index (χ2v) is 10.0. The molecule has 0 saturated heterocycles. The Morgan fingerprint density at radius 1 is 1.03 bits per heavy atom. The molecule has 2 aromatic heterocycles. The number of aromatic nitrogens is 5. The first kappa shape index (κ1) is 26.3. The molecule has 37 heavy (non-hydrogen) atoms. The van der Waals surface area contributed by atoms with Crippen LogP contribution in [-0.2, 0) is 25.0 Å². The van der Waals surface area contributed by atoms with E-state index in [9.17, 15) is 4.79 Å². The fourth-order valence-electron chi connectivity index (χ4n) is 4.38. The van der Waals surface area contributed by atoms with Crippen LogP contribution in [0.5, 0.6) is 11.5 Å². The minimum absolute atomic E-state index is 0.0808. The number of aryl methyl sites for hydroxylation is 1. The van der Waals surface area contributed by atoms with Gasteiger partial charge in [0, 0.05) is 24.2 Å². The minimum atomic E-state index is -0.216. The number of hydrogen-bond donors (Lipinski definition) is 1. The van der Waals surface area contributed by atoms with E-state index in [1.165, 1.54) is 0 Å². The molecule has 0 aliphatic heterocycles. The van der Waals surface area contributed by atoms with Gasteiger partial charge in [0.25, 0.3) is 5.56 Å². The third kappa shape index (κ3) is 5.99. The number of hydrogen-bond acceptors (Lipinski definition) is 7. The lowest BCUT2D eigenvalue weighted by molar-refractivity contribution is 0.225. The summed E-state index contributed by atoms with van der Waals surface area (Å²) in [5.74, 6) is 2.16. The molecule has 1 N–H and O–H groups in total. The Morgan fingerprint density at radius 3 is 2.54 bits per heavy atom. The SMILES string of the molecule is CCC(C)(C)n1nnnc1CN(CCc1ccc(OC)c(OC)c1)Cc1cc2ccc(C)cc2[nH]c1=O. The molecule has 9 heteroatoms. The molecule has 0 aliphatic rings. The number of aromatic amines is 1. The van der Waals surface area contributed by atoms with E-state index in [1.807, 2.05) is 48.0 Å². The maximum absolute atomic E-state index is 13.0. The van der Waals surface area contributed by atoms with Crippen molar-refractivity contribution < 1.29 is 9.47 Å². The van der Waals surface area contributed by atoms with Crippen molar-refractivity contribution in [2.75, 3.05) is 20.8 Å². The van der Waals surface area contributed by atoms with Gasteiger partial charge >= 0.3 is 0 Å². The zero-order chi connectivity index (χ0) is 26.6. The molecule has 0 radical (unpaired) electrons. The lowest BCUT2D eigenvalue weighted by atomic mass is 10.0. The molecule has 196 valence electrons. The van der Waals surface area contributed by atoms with Gasteiger partial charge in [-0.3, -0.25) is 9.69 Å². The van der Waals surface area contributed by atoms with Gasteiger partial charge in [0.2, 0.25) is 0 Å². The molecule has 4 rings (SSSR count). The number of tetrazole rings is 1. The summed E-state index contributed by atoms with van der Waals surface area (Å²) in [6.45, 7) is 10.1. The van der Waals surface area contributed by atoms with Crippen molar-refractivity contribution in [3.8, 4) is 11.5 Å². The maximum atomic E-state index is 13.0. The molecule has 0 amide bonds. The Labute approximate surface area is 217 Å². The standard InChI is InChI=1S/C28H36N6O3/c1-7-28(3,4)34-26(30-31-32-34)18-33(13-12-20-9-11-24(36-5)25(15-20)37-6)17-22-16-21-10-8-19(2)14-23(21)29-27(22)35/h8-11,14-16H,7,12-13,17-18H2,1-6H3,(H,29,35). The molecule has 0 bridgehead atoms. The van der Waals surface area contributed by atoms with Gasteiger partial charge in [0.15, 0.2) is 17.3 Å². The number of pyridine rings is 1. The summed E-state index contributed by atoms with van der Waals surface area (Å²) >= 11 is 0. The Kier molecular flexibility index (Phi) is 7.92. The number of ether oxygens (including phenoxy) is 2. The molecule has 2 heterocycles. The molecule has 9 nitrogen and oxygen atoms in total. The van der Waals surface area contributed by atoms with Crippen LogP contribution >= 0.6 is 0 Å². The Hall–Kier alpha value is -3.72. The molecule has 2 aromatic carbocycles. The number of nitrogens with zero attached hydrogens (tertiary/aromatic N) is 5. The zero-order valence-electron chi connectivity index (χ0n) is 22.5. The molecule has 4 aromatic rings. The van der Waals surface area contributed by atoms with Crippen LogP contribution in [0.25, 0.3) is 10.9 Å². The third-order valence-electron chi connectivity index (χ3n) is 6.97. The van der Waals surface area contributed by atoms with Gasteiger partial charge < -0.3 is 14.5 Å². The first-order valence-electron chi connectivity index (χ1n) is 12.6. The van der Waals surface area contributed by atoms with Crippen LogP contribution in [0.1, 0.15) is 49.7 Å². The van der Waals surface area contributed by atoms with Crippen LogP contribution in [0.4, 0.5) is 0 Å². The van der Waals surface area contributed by atoms with Crippen LogP contribution in [0.15, 0.2) is 47.3 Å². The highest BCUT2D eigenvalue weighted by Gasteiger charge is 2.25. The van der Waals surface area contributed by atoms with E-state index in [0.717, 1.165) is 40.7 Å². The third-order valence-corrected chi connectivity index (χ3v) is 6.97. The summed E-state index contributed by atoms with van der Waals surface area (Å²) in [7, 11) is 3.26. The van der Waals surface area contributed by atoms with Gasteiger partial charge in [-0.2, -0.15) is 0 Å². The van der Waals surface area contributed by atoms with Crippen LogP contribution < -0.4 is 15.0 Å². The van der Waals surface area contributed by atoms with E-state index in [1.54, 1.807) is 14.2 Å².